The molecule has 1 saturated heterocycles. The molecule has 0 bridgehead atoms. The number of benzene rings is 1. The van der Waals surface area contributed by atoms with Crippen molar-refractivity contribution < 1.29 is 14.3 Å². The molecule has 0 amide bonds. The topological polar surface area (TPSA) is 35.5 Å². The van der Waals surface area contributed by atoms with Crippen molar-refractivity contribution in [2.45, 2.75) is 37.6 Å². The van der Waals surface area contributed by atoms with Gasteiger partial charge in [-0.15, -0.1) is 0 Å². The summed E-state index contributed by atoms with van der Waals surface area (Å²) in [7, 11) is 0. The van der Waals surface area contributed by atoms with E-state index in [-0.39, 0.29) is 23.6 Å². The number of rotatable bonds is 3. The summed E-state index contributed by atoms with van der Waals surface area (Å²) in [6.07, 6.45) is 3.09. The summed E-state index contributed by atoms with van der Waals surface area (Å²) < 4.78 is 11.7. The zero-order valence-electron chi connectivity index (χ0n) is 10.2. The fraction of sp³-hybridized carbons (Fsp3) is 0.533. The maximum absolute atomic E-state index is 11.7. The number of carbonyl (C=O) groups is 1. The molecule has 1 aliphatic heterocycles. The Bertz CT molecular complexity index is 484. The molecule has 0 unspecified atom stereocenters. The number of ether oxygens (including phenoxy) is 2. The van der Waals surface area contributed by atoms with Crippen LogP contribution < -0.4 is 0 Å². The molecular formula is C15H16O3. The Hall–Kier alpha value is -1.35. The van der Waals surface area contributed by atoms with Gasteiger partial charge < -0.3 is 9.47 Å². The van der Waals surface area contributed by atoms with Crippen LogP contribution in [0.5, 0.6) is 0 Å². The lowest BCUT2D eigenvalue weighted by atomic mass is 9.63. The Morgan fingerprint density at radius 1 is 1.28 bits per heavy atom. The largest absolute Gasteiger partial charge is 0.459 e. The predicted molar refractivity (Wildman–Crippen MR) is 64.7 cm³/mol. The van der Waals surface area contributed by atoms with Crippen molar-refractivity contribution >= 4 is 5.97 Å². The highest BCUT2D eigenvalue weighted by atomic mass is 16.6. The van der Waals surface area contributed by atoms with Crippen LogP contribution in [-0.2, 0) is 20.9 Å². The van der Waals surface area contributed by atoms with E-state index < -0.39 is 0 Å². The lowest BCUT2D eigenvalue weighted by molar-refractivity contribution is -0.179. The molecule has 3 heteroatoms. The minimum Gasteiger partial charge on any atom is -0.459 e. The van der Waals surface area contributed by atoms with E-state index in [1.54, 1.807) is 0 Å². The monoisotopic (exact) mass is 244 g/mol. The highest BCUT2D eigenvalue weighted by molar-refractivity contribution is 5.79. The molecule has 2 saturated carbocycles. The average Bonchev–Trinajstić information content (AvgIpc) is 2.71. The third-order valence-corrected chi connectivity index (χ3v) is 4.86. The third-order valence-electron chi connectivity index (χ3n) is 4.86. The Kier molecular flexibility index (Phi) is 2.10. The van der Waals surface area contributed by atoms with E-state index in [0.717, 1.165) is 24.8 Å². The summed E-state index contributed by atoms with van der Waals surface area (Å²) >= 11 is 0. The van der Waals surface area contributed by atoms with Crippen molar-refractivity contribution in [2.75, 3.05) is 0 Å². The lowest BCUT2D eigenvalue weighted by Gasteiger charge is -2.46. The molecule has 4 rings (SSSR count). The standard InChI is InChI=1S/C15H16O3/c16-14-12-8-11-6-7-13(18-14)15(11,12)17-9-10-4-2-1-3-5-10/h1-5,11-13H,6-9H2/t11-,12-,13-,15+/m0/s1. The van der Waals surface area contributed by atoms with Crippen LogP contribution in [0.1, 0.15) is 24.8 Å². The van der Waals surface area contributed by atoms with Gasteiger partial charge in [0, 0.05) is 0 Å². The molecule has 94 valence electrons. The Labute approximate surface area is 106 Å². The minimum atomic E-state index is -0.285. The van der Waals surface area contributed by atoms with Crippen LogP contribution in [0.3, 0.4) is 0 Å². The molecule has 3 nitrogen and oxygen atoms in total. The predicted octanol–water partition coefficient (Wildman–Crippen LogP) is 2.30. The second-order valence-corrected chi connectivity index (χ2v) is 5.62. The van der Waals surface area contributed by atoms with Crippen molar-refractivity contribution in [3.8, 4) is 0 Å². The van der Waals surface area contributed by atoms with Gasteiger partial charge in [0.2, 0.25) is 0 Å². The van der Waals surface area contributed by atoms with Crippen LogP contribution >= 0.6 is 0 Å². The van der Waals surface area contributed by atoms with Crippen LogP contribution in [0.2, 0.25) is 0 Å². The molecule has 1 heterocycles. The molecule has 18 heavy (non-hydrogen) atoms. The summed E-state index contributed by atoms with van der Waals surface area (Å²) in [6.45, 7) is 0.584. The van der Waals surface area contributed by atoms with Crippen LogP contribution in [0, 0.1) is 11.8 Å². The average molecular weight is 244 g/mol. The highest BCUT2D eigenvalue weighted by Crippen LogP contribution is 2.62. The van der Waals surface area contributed by atoms with Crippen molar-refractivity contribution in [3.05, 3.63) is 35.9 Å². The Balaban J connectivity index is 1.56. The highest BCUT2D eigenvalue weighted by Gasteiger charge is 2.72. The van der Waals surface area contributed by atoms with E-state index in [1.165, 1.54) is 0 Å². The maximum atomic E-state index is 11.7. The van der Waals surface area contributed by atoms with Gasteiger partial charge >= 0.3 is 5.97 Å². The van der Waals surface area contributed by atoms with E-state index in [4.69, 9.17) is 9.47 Å². The van der Waals surface area contributed by atoms with Crippen LogP contribution in [0.4, 0.5) is 0 Å². The summed E-state index contributed by atoms with van der Waals surface area (Å²) in [5, 5.41) is 0. The van der Waals surface area contributed by atoms with Crippen LogP contribution in [0.15, 0.2) is 30.3 Å². The summed E-state index contributed by atoms with van der Waals surface area (Å²) in [6, 6.07) is 10.1. The first-order valence-electron chi connectivity index (χ1n) is 6.69. The molecule has 0 spiro atoms. The molecule has 3 fully saturated rings. The smallest absolute Gasteiger partial charge is 0.312 e. The molecule has 1 aromatic carbocycles. The van der Waals surface area contributed by atoms with Gasteiger partial charge in [0.1, 0.15) is 11.7 Å². The van der Waals surface area contributed by atoms with Crippen LogP contribution in [-0.4, -0.2) is 17.7 Å². The number of hydrogen-bond donors (Lipinski definition) is 0. The van der Waals surface area contributed by atoms with Gasteiger partial charge in [-0.3, -0.25) is 4.79 Å². The second-order valence-electron chi connectivity index (χ2n) is 5.62. The van der Waals surface area contributed by atoms with Gasteiger partial charge in [-0.2, -0.15) is 0 Å². The van der Waals surface area contributed by atoms with E-state index in [9.17, 15) is 4.79 Å². The summed E-state index contributed by atoms with van der Waals surface area (Å²) in [4.78, 5) is 11.7. The van der Waals surface area contributed by atoms with E-state index in [2.05, 4.69) is 12.1 Å². The Morgan fingerprint density at radius 3 is 2.94 bits per heavy atom. The minimum absolute atomic E-state index is 0.00119. The third kappa shape index (κ3) is 1.20. The summed E-state index contributed by atoms with van der Waals surface area (Å²) in [5.41, 5.74) is 0.878. The van der Waals surface area contributed by atoms with Crippen LogP contribution in [0.25, 0.3) is 0 Å². The number of esters is 1. The molecule has 4 atom stereocenters. The van der Waals surface area contributed by atoms with Gasteiger partial charge in [-0.25, -0.2) is 0 Å². The van der Waals surface area contributed by atoms with Gasteiger partial charge in [-0.05, 0) is 30.7 Å². The van der Waals surface area contributed by atoms with Crippen molar-refractivity contribution in [2.24, 2.45) is 11.8 Å². The normalized spacial score (nSPS) is 40.2. The zero-order valence-corrected chi connectivity index (χ0v) is 10.2. The molecular weight excluding hydrogens is 228 g/mol. The first kappa shape index (κ1) is 10.6. The van der Waals surface area contributed by atoms with E-state index >= 15 is 0 Å². The zero-order chi connectivity index (χ0) is 12.2. The van der Waals surface area contributed by atoms with Gasteiger partial charge in [0.25, 0.3) is 0 Å². The number of hydrogen-bond acceptors (Lipinski definition) is 3. The first-order chi connectivity index (χ1) is 8.80. The molecule has 2 aliphatic carbocycles. The van der Waals surface area contributed by atoms with Crippen molar-refractivity contribution in [1.82, 2.24) is 0 Å². The van der Waals surface area contributed by atoms with E-state index in [1.807, 2.05) is 18.2 Å². The van der Waals surface area contributed by atoms with Gasteiger partial charge in [0.05, 0.1) is 12.5 Å². The van der Waals surface area contributed by atoms with Gasteiger partial charge in [-0.1, -0.05) is 30.3 Å². The van der Waals surface area contributed by atoms with Gasteiger partial charge in [0.15, 0.2) is 0 Å². The van der Waals surface area contributed by atoms with Crippen molar-refractivity contribution in [3.63, 3.8) is 0 Å². The molecule has 0 N–H and O–H groups in total. The van der Waals surface area contributed by atoms with Crippen molar-refractivity contribution in [1.29, 1.82) is 0 Å². The quantitative estimate of drug-likeness (QED) is 0.765. The first-order valence-corrected chi connectivity index (χ1v) is 6.69. The Morgan fingerprint density at radius 2 is 2.11 bits per heavy atom. The molecule has 0 radical (unpaired) electrons. The number of carbonyl (C=O) groups excluding carboxylic acids is 1. The molecule has 0 aromatic heterocycles. The van der Waals surface area contributed by atoms with E-state index in [0.29, 0.717) is 12.5 Å². The fourth-order valence-corrected chi connectivity index (χ4v) is 3.93. The maximum Gasteiger partial charge on any atom is 0.312 e. The molecule has 1 aromatic rings. The SMILES string of the molecule is O=C1O[C@H]2CC[C@H]3C[C@@H]1[C@]32OCc1ccccc1. The second kappa shape index (κ2) is 3.58. The molecule has 3 aliphatic rings. The fourth-order valence-electron chi connectivity index (χ4n) is 3.93. The summed E-state index contributed by atoms with van der Waals surface area (Å²) in [5.74, 6) is 0.491. The lowest BCUT2D eigenvalue weighted by Crippen LogP contribution is -2.57.